The number of anilines is 1. The van der Waals surface area contributed by atoms with Crippen LogP contribution in [0.3, 0.4) is 0 Å². The van der Waals surface area contributed by atoms with Crippen LogP contribution in [0.2, 0.25) is 0 Å². The summed E-state index contributed by atoms with van der Waals surface area (Å²) in [6, 6.07) is 15.9. The average Bonchev–Trinajstić information content (AvgIpc) is 3.26. The number of likely N-dealkylation sites (tertiary alicyclic amines) is 1. The van der Waals surface area contributed by atoms with Gasteiger partial charge in [-0.3, -0.25) is 19.3 Å². The number of carboxylic acid groups (broad SMARTS) is 1. The van der Waals surface area contributed by atoms with E-state index in [-0.39, 0.29) is 24.2 Å². The molecular formula is C23H24N2O4. The van der Waals surface area contributed by atoms with Crippen LogP contribution in [0.15, 0.2) is 54.6 Å². The molecule has 1 saturated carbocycles. The number of nitrogens with one attached hydrogen (secondary N) is 1. The van der Waals surface area contributed by atoms with Crippen molar-refractivity contribution < 1.29 is 19.5 Å². The van der Waals surface area contributed by atoms with Crippen LogP contribution in [0.1, 0.15) is 35.2 Å². The molecule has 150 valence electrons. The lowest BCUT2D eigenvalue weighted by atomic mass is 9.81. The quantitative estimate of drug-likeness (QED) is 0.738. The van der Waals surface area contributed by atoms with Crippen LogP contribution in [0.5, 0.6) is 0 Å². The molecule has 0 bridgehead atoms. The molecule has 2 fully saturated rings. The van der Waals surface area contributed by atoms with E-state index in [4.69, 9.17) is 0 Å². The Morgan fingerprint density at radius 3 is 2.52 bits per heavy atom. The van der Waals surface area contributed by atoms with Crippen molar-refractivity contribution >= 4 is 23.3 Å². The minimum atomic E-state index is -0.748. The maximum absolute atomic E-state index is 12.8. The predicted octanol–water partition coefficient (Wildman–Crippen LogP) is 3.04. The number of fused-ring (bicyclic) bond motifs is 1. The minimum absolute atomic E-state index is 0.111. The van der Waals surface area contributed by atoms with E-state index in [1.165, 1.54) is 0 Å². The molecule has 1 heterocycles. The van der Waals surface area contributed by atoms with Crippen LogP contribution in [-0.2, 0) is 9.59 Å². The lowest BCUT2D eigenvalue weighted by Gasteiger charge is -2.23. The first-order valence-electron chi connectivity index (χ1n) is 9.94. The van der Waals surface area contributed by atoms with Crippen LogP contribution in [-0.4, -0.2) is 47.3 Å². The fraction of sp³-hybridized carbons (Fsp3) is 0.348. The zero-order valence-corrected chi connectivity index (χ0v) is 16.1. The van der Waals surface area contributed by atoms with Gasteiger partial charge in [-0.15, -0.1) is 0 Å². The molecule has 29 heavy (non-hydrogen) atoms. The summed E-state index contributed by atoms with van der Waals surface area (Å²) in [5.41, 5.74) is 0.762. The summed E-state index contributed by atoms with van der Waals surface area (Å²) in [4.78, 5) is 39.2. The number of ketones is 1. The molecule has 2 N–H and O–H groups in total. The summed E-state index contributed by atoms with van der Waals surface area (Å²) in [7, 11) is 0. The van der Waals surface area contributed by atoms with Crippen molar-refractivity contribution in [2.75, 3.05) is 25.0 Å². The van der Waals surface area contributed by atoms with Crippen molar-refractivity contribution in [3.63, 3.8) is 0 Å². The second-order valence-corrected chi connectivity index (χ2v) is 8.01. The van der Waals surface area contributed by atoms with Crippen LogP contribution >= 0.6 is 0 Å². The summed E-state index contributed by atoms with van der Waals surface area (Å²) >= 11 is 0. The lowest BCUT2D eigenvalue weighted by molar-refractivity contribution is -0.149. The summed E-state index contributed by atoms with van der Waals surface area (Å²) in [5, 5.41) is 12.5. The number of amides is 1. The Bertz CT molecular complexity index is 943. The standard InChI is InChI=1S/C23H24N2O4/c26-20(14-25-13-17-9-6-12-23(17,15-25)22(28)29)24-19-11-5-4-10-18(19)21(27)16-7-2-1-3-8-16/h1-5,7-8,10-11,17H,6,9,12-15H2,(H,24,26)(H,28,29)/t17-,23+/m0/s1. The molecule has 1 aliphatic heterocycles. The Morgan fingerprint density at radius 2 is 1.79 bits per heavy atom. The number of carbonyl (C=O) groups excluding carboxylic acids is 2. The molecule has 2 aliphatic rings. The highest BCUT2D eigenvalue weighted by Crippen LogP contribution is 2.48. The minimum Gasteiger partial charge on any atom is -0.481 e. The Balaban J connectivity index is 1.45. The number of hydrogen-bond donors (Lipinski definition) is 2. The van der Waals surface area contributed by atoms with Gasteiger partial charge >= 0.3 is 5.97 Å². The van der Waals surface area contributed by atoms with Crippen LogP contribution < -0.4 is 5.32 Å². The van der Waals surface area contributed by atoms with Gasteiger partial charge in [0, 0.05) is 24.2 Å². The molecule has 0 radical (unpaired) electrons. The van der Waals surface area contributed by atoms with E-state index in [9.17, 15) is 19.5 Å². The molecule has 2 aromatic rings. The first-order valence-corrected chi connectivity index (χ1v) is 9.94. The molecule has 1 aliphatic carbocycles. The number of hydrogen-bond acceptors (Lipinski definition) is 4. The summed E-state index contributed by atoms with van der Waals surface area (Å²) in [6.07, 6.45) is 2.52. The second kappa shape index (κ2) is 7.79. The summed E-state index contributed by atoms with van der Waals surface area (Å²) in [6.45, 7) is 1.16. The molecule has 0 spiro atoms. The van der Waals surface area contributed by atoms with Gasteiger partial charge in [0.25, 0.3) is 0 Å². The highest BCUT2D eigenvalue weighted by molar-refractivity contribution is 6.13. The van der Waals surface area contributed by atoms with Crippen molar-refractivity contribution in [3.05, 3.63) is 65.7 Å². The van der Waals surface area contributed by atoms with Crippen molar-refractivity contribution in [1.29, 1.82) is 0 Å². The van der Waals surface area contributed by atoms with E-state index in [1.54, 1.807) is 48.5 Å². The van der Waals surface area contributed by atoms with Crippen molar-refractivity contribution in [3.8, 4) is 0 Å². The van der Waals surface area contributed by atoms with Gasteiger partial charge in [0.15, 0.2) is 5.78 Å². The third-order valence-corrected chi connectivity index (χ3v) is 6.22. The van der Waals surface area contributed by atoms with Crippen molar-refractivity contribution in [2.24, 2.45) is 11.3 Å². The summed E-state index contributed by atoms with van der Waals surface area (Å²) < 4.78 is 0. The Hall–Kier alpha value is -2.99. The van der Waals surface area contributed by atoms with E-state index >= 15 is 0 Å². The fourth-order valence-corrected chi connectivity index (χ4v) is 4.79. The van der Waals surface area contributed by atoms with Gasteiger partial charge < -0.3 is 10.4 Å². The Labute approximate surface area is 169 Å². The van der Waals surface area contributed by atoms with Gasteiger partial charge in [0.05, 0.1) is 17.6 Å². The van der Waals surface area contributed by atoms with Crippen LogP contribution in [0, 0.1) is 11.3 Å². The van der Waals surface area contributed by atoms with E-state index < -0.39 is 11.4 Å². The number of para-hydroxylation sites is 1. The molecule has 2 aromatic carbocycles. The van der Waals surface area contributed by atoms with E-state index in [1.807, 2.05) is 11.0 Å². The number of aliphatic carboxylic acids is 1. The van der Waals surface area contributed by atoms with Crippen molar-refractivity contribution in [1.82, 2.24) is 4.90 Å². The SMILES string of the molecule is O=C(CN1C[C@@H]2CCC[C@@]2(C(=O)O)C1)Nc1ccccc1C(=O)c1ccccc1. The number of rotatable bonds is 6. The van der Waals surface area contributed by atoms with Gasteiger partial charge in [-0.25, -0.2) is 0 Å². The van der Waals surface area contributed by atoms with E-state index in [0.717, 1.165) is 12.8 Å². The highest BCUT2D eigenvalue weighted by atomic mass is 16.4. The van der Waals surface area contributed by atoms with Gasteiger partial charge in [0.1, 0.15) is 0 Å². The number of benzene rings is 2. The van der Waals surface area contributed by atoms with E-state index in [0.29, 0.717) is 36.3 Å². The van der Waals surface area contributed by atoms with Crippen LogP contribution in [0.4, 0.5) is 5.69 Å². The average molecular weight is 392 g/mol. The van der Waals surface area contributed by atoms with E-state index in [2.05, 4.69) is 5.32 Å². The largest absolute Gasteiger partial charge is 0.481 e. The number of carboxylic acids is 1. The Morgan fingerprint density at radius 1 is 1.07 bits per heavy atom. The van der Waals surface area contributed by atoms with Gasteiger partial charge in [0.2, 0.25) is 5.91 Å². The molecule has 1 amide bonds. The maximum atomic E-state index is 12.8. The number of carbonyl (C=O) groups is 3. The van der Waals surface area contributed by atoms with Gasteiger partial charge in [-0.1, -0.05) is 48.9 Å². The topological polar surface area (TPSA) is 86.7 Å². The zero-order valence-electron chi connectivity index (χ0n) is 16.1. The van der Waals surface area contributed by atoms with Crippen molar-refractivity contribution in [2.45, 2.75) is 19.3 Å². The molecule has 4 rings (SSSR count). The first kappa shape index (κ1) is 19.3. The molecular weight excluding hydrogens is 368 g/mol. The summed E-state index contributed by atoms with van der Waals surface area (Å²) in [5.74, 6) is -1.03. The lowest BCUT2D eigenvalue weighted by Crippen LogP contribution is -2.37. The number of nitrogens with zero attached hydrogens (tertiary/aromatic N) is 1. The smallest absolute Gasteiger partial charge is 0.311 e. The molecule has 0 aromatic heterocycles. The fourth-order valence-electron chi connectivity index (χ4n) is 4.79. The first-order chi connectivity index (χ1) is 14.0. The highest BCUT2D eigenvalue weighted by Gasteiger charge is 2.54. The predicted molar refractivity (Wildman–Crippen MR) is 109 cm³/mol. The second-order valence-electron chi connectivity index (χ2n) is 8.01. The zero-order chi connectivity index (χ0) is 20.4. The molecule has 2 atom stereocenters. The van der Waals surface area contributed by atoms with Gasteiger partial charge in [-0.2, -0.15) is 0 Å². The Kier molecular flexibility index (Phi) is 5.20. The van der Waals surface area contributed by atoms with Crippen LogP contribution in [0.25, 0.3) is 0 Å². The molecule has 0 unspecified atom stereocenters. The monoisotopic (exact) mass is 392 g/mol. The normalized spacial score (nSPS) is 23.5. The third kappa shape index (κ3) is 3.68. The molecule has 6 heteroatoms. The molecule has 6 nitrogen and oxygen atoms in total. The maximum Gasteiger partial charge on any atom is 0.311 e. The molecule has 1 saturated heterocycles. The third-order valence-electron chi connectivity index (χ3n) is 6.22. The van der Waals surface area contributed by atoms with Gasteiger partial charge in [-0.05, 0) is 30.9 Å².